The number of hydrogen-bond acceptors (Lipinski definition) is 4. The molecule has 1 aromatic rings. The van der Waals surface area contributed by atoms with E-state index in [1.807, 2.05) is 13.8 Å². The van der Waals surface area contributed by atoms with E-state index in [1.165, 1.54) is 0 Å². The topological polar surface area (TPSA) is 65.4 Å². The number of likely N-dealkylation sites (N-methyl/N-ethyl adjacent to an activating group) is 1. The second-order valence-electron chi connectivity index (χ2n) is 5.05. The summed E-state index contributed by atoms with van der Waals surface area (Å²) in [5.74, 6) is -2.37. The van der Waals surface area contributed by atoms with Gasteiger partial charge in [0.1, 0.15) is 11.7 Å². The van der Waals surface area contributed by atoms with Gasteiger partial charge in [-0.2, -0.15) is 5.26 Å². The summed E-state index contributed by atoms with van der Waals surface area (Å²) in [4.78, 5) is 13.8. The standard InChI is InChI=1S/C13H11F2N3O2.C2H6/c1-18-6-13(4-7(18)5-16)12(19)17-10-8(14)2-3-9(15)11(10)20-13;1-2/h2-3,7H,4,6H2,1H3,(H,17,19);1-2H3. The first kappa shape index (κ1) is 16.2. The second-order valence-corrected chi connectivity index (χ2v) is 5.05. The second kappa shape index (κ2) is 5.89. The lowest BCUT2D eigenvalue weighted by molar-refractivity contribution is -0.131. The van der Waals surface area contributed by atoms with Gasteiger partial charge >= 0.3 is 0 Å². The molecule has 0 bridgehead atoms. The van der Waals surface area contributed by atoms with E-state index in [4.69, 9.17) is 10.00 Å². The average molecular weight is 309 g/mol. The molecular weight excluding hydrogens is 292 g/mol. The van der Waals surface area contributed by atoms with Crippen LogP contribution in [-0.2, 0) is 4.79 Å². The summed E-state index contributed by atoms with van der Waals surface area (Å²) in [5.41, 5.74) is -1.64. The van der Waals surface area contributed by atoms with Crippen LogP contribution in [0.3, 0.4) is 0 Å². The first-order valence-electron chi connectivity index (χ1n) is 7.05. The summed E-state index contributed by atoms with van der Waals surface area (Å²) >= 11 is 0. The summed E-state index contributed by atoms with van der Waals surface area (Å²) < 4.78 is 32.9. The maximum Gasteiger partial charge on any atom is 0.270 e. The van der Waals surface area contributed by atoms with Gasteiger partial charge in [0.15, 0.2) is 17.4 Å². The van der Waals surface area contributed by atoms with Crippen molar-refractivity contribution in [2.24, 2.45) is 0 Å². The zero-order valence-electron chi connectivity index (χ0n) is 12.6. The van der Waals surface area contributed by atoms with Gasteiger partial charge in [-0.15, -0.1) is 0 Å². The summed E-state index contributed by atoms with van der Waals surface area (Å²) in [6.07, 6.45) is 0.112. The number of likely N-dealkylation sites (tertiary alicyclic amines) is 1. The number of hydrogen-bond donors (Lipinski definition) is 1. The molecule has 2 aliphatic heterocycles. The van der Waals surface area contributed by atoms with Crippen LogP contribution in [-0.4, -0.2) is 36.0 Å². The quantitative estimate of drug-likeness (QED) is 0.798. The average Bonchev–Trinajstić information content (AvgIpc) is 2.84. The number of carbonyl (C=O) groups excluding carboxylic acids is 1. The van der Waals surface area contributed by atoms with Crippen LogP contribution in [0.2, 0.25) is 0 Å². The number of nitriles is 1. The number of halogens is 2. The minimum Gasteiger partial charge on any atom is -0.471 e. The molecule has 1 amide bonds. The number of nitrogens with zero attached hydrogens (tertiary/aromatic N) is 2. The lowest BCUT2D eigenvalue weighted by atomic mass is 9.97. The van der Waals surface area contributed by atoms with Crippen molar-refractivity contribution in [3.8, 4) is 11.8 Å². The SMILES string of the molecule is CC.CN1CC2(CC1C#N)Oc1c(F)ccc(F)c1NC2=O. The van der Waals surface area contributed by atoms with Gasteiger partial charge in [-0.3, -0.25) is 9.69 Å². The summed E-state index contributed by atoms with van der Waals surface area (Å²) in [6.45, 7) is 4.15. The van der Waals surface area contributed by atoms with Gasteiger partial charge < -0.3 is 10.1 Å². The van der Waals surface area contributed by atoms with E-state index in [1.54, 1.807) is 11.9 Å². The number of amides is 1. The van der Waals surface area contributed by atoms with Gasteiger partial charge in [0.2, 0.25) is 5.60 Å². The number of nitrogens with one attached hydrogen (secondary N) is 1. The third-order valence-corrected chi connectivity index (χ3v) is 3.72. The summed E-state index contributed by atoms with van der Waals surface area (Å²) in [6, 6.07) is 3.42. The summed E-state index contributed by atoms with van der Waals surface area (Å²) in [7, 11) is 1.68. The monoisotopic (exact) mass is 309 g/mol. The number of benzene rings is 1. The van der Waals surface area contributed by atoms with Gasteiger partial charge in [0.25, 0.3) is 5.91 Å². The highest BCUT2D eigenvalue weighted by Gasteiger charge is 2.53. The smallest absolute Gasteiger partial charge is 0.270 e. The van der Waals surface area contributed by atoms with Gasteiger partial charge in [-0.1, -0.05) is 13.8 Å². The van der Waals surface area contributed by atoms with Crippen molar-refractivity contribution in [3.63, 3.8) is 0 Å². The van der Waals surface area contributed by atoms with Crippen molar-refractivity contribution in [1.29, 1.82) is 5.26 Å². The molecule has 0 aliphatic carbocycles. The molecule has 1 saturated heterocycles. The molecule has 1 fully saturated rings. The molecular formula is C15H17F2N3O2. The summed E-state index contributed by atoms with van der Waals surface area (Å²) in [5, 5.41) is 11.4. The minimum atomic E-state index is -1.35. The van der Waals surface area contributed by atoms with Crippen LogP contribution in [0.4, 0.5) is 14.5 Å². The number of rotatable bonds is 0. The molecule has 3 rings (SSSR count). The molecule has 0 saturated carbocycles. The maximum absolute atomic E-state index is 13.8. The Labute approximate surface area is 127 Å². The highest BCUT2D eigenvalue weighted by atomic mass is 19.1. The van der Waals surface area contributed by atoms with Crippen molar-refractivity contribution < 1.29 is 18.3 Å². The highest BCUT2D eigenvalue weighted by molar-refractivity contribution is 6.01. The Hall–Kier alpha value is -2.20. The molecule has 2 heterocycles. The number of anilines is 1. The van der Waals surface area contributed by atoms with Crippen LogP contribution in [0.5, 0.6) is 5.75 Å². The molecule has 1 aromatic carbocycles. The normalized spacial score (nSPS) is 26.4. The van der Waals surface area contributed by atoms with Crippen molar-refractivity contribution in [2.45, 2.75) is 31.9 Å². The number of carbonyl (C=O) groups is 1. The van der Waals surface area contributed by atoms with E-state index >= 15 is 0 Å². The molecule has 2 unspecified atom stereocenters. The fraction of sp³-hybridized carbons (Fsp3) is 0.467. The first-order chi connectivity index (χ1) is 10.5. The molecule has 7 heteroatoms. The Bertz CT molecular complexity index is 644. The predicted molar refractivity (Wildman–Crippen MR) is 76.3 cm³/mol. The van der Waals surface area contributed by atoms with Crippen LogP contribution in [0.25, 0.3) is 0 Å². The van der Waals surface area contributed by atoms with E-state index < -0.39 is 29.2 Å². The molecule has 0 radical (unpaired) electrons. The molecule has 0 aromatic heterocycles. The first-order valence-corrected chi connectivity index (χ1v) is 7.05. The molecule has 1 spiro atoms. The Morgan fingerprint density at radius 1 is 1.41 bits per heavy atom. The molecule has 1 N–H and O–H groups in total. The molecule has 2 aliphatic rings. The van der Waals surface area contributed by atoms with Crippen LogP contribution in [0.15, 0.2) is 12.1 Å². The van der Waals surface area contributed by atoms with Gasteiger partial charge in [-0.05, 0) is 19.2 Å². The van der Waals surface area contributed by atoms with E-state index in [2.05, 4.69) is 11.4 Å². The Morgan fingerprint density at radius 3 is 2.64 bits per heavy atom. The molecule has 5 nitrogen and oxygen atoms in total. The molecule has 118 valence electrons. The zero-order chi connectivity index (χ0) is 16.5. The fourth-order valence-electron chi connectivity index (χ4n) is 2.65. The lowest BCUT2D eigenvalue weighted by Crippen LogP contribution is -2.52. The van der Waals surface area contributed by atoms with Crippen LogP contribution in [0, 0.1) is 23.0 Å². The third-order valence-electron chi connectivity index (χ3n) is 3.72. The van der Waals surface area contributed by atoms with Crippen molar-refractivity contribution in [2.75, 3.05) is 18.9 Å². The van der Waals surface area contributed by atoms with Crippen LogP contribution in [0.1, 0.15) is 20.3 Å². The Balaban J connectivity index is 0.000000847. The number of fused-ring (bicyclic) bond motifs is 1. The highest BCUT2D eigenvalue weighted by Crippen LogP contribution is 2.42. The van der Waals surface area contributed by atoms with Gasteiger partial charge in [0.05, 0.1) is 6.07 Å². The van der Waals surface area contributed by atoms with E-state index in [0.29, 0.717) is 0 Å². The third kappa shape index (κ3) is 2.40. The van der Waals surface area contributed by atoms with E-state index in [-0.39, 0.29) is 24.4 Å². The minimum absolute atomic E-state index is 0.112. The van der Waals surface area contributed by atoms with Gasteiger partial charge in [0, 0.05) is 13.0 Å². The van der Waals surface area contributed by atoms with Crippen molar-refractivity contribution in [3.05, 3.63) is 23.8 Å². The Morgan fingerprint density at radius 2 is 2.05 bits per heavy atom. The van der Waals surface area contributed by atoms with Crippen molar-refractivity contribution >= 4 is 11.6 Å². The van der Waals surface area contributed by atoms with Gasteiger partial charge in [-0.25, -0.2) is 8.78 Å². The fourth-order valence-corrected chi connectivity index (χ4v) is 2.65. The maximum atomic E-state index is 13.8. The number of ether oxygens (including phenoxy) is 1. The molecule has 22 heavy (non-hydrogen) atoms. The van der Waals surface area contributed by atoms with Crippen molar-refractivity contribution in [1.82, 2.24) is 4.90 Å². The van der Waals surface area contributed by atoms with E-state index in [9.17, 15) is 13.6 Å². The lowest BCUT2D eigenvalue weighted by Gasteiger charge is -2.34. The predicted octanol–water partition coefficient (Wildman–Crippen LogP) is 2.29. The Kier molecular flexibility index (Phi) is 4.33. The largest absolute Gasteiger partial charge is 0.471 e. The molecule has 2 atom stereocenters. The van der Waals surface area contributed by atoms with Crippen LogP contribution >= 0.6 is 0 Å². The zero-order valence-corrected chi connectivity index (χ0v) is 12.6. The van der Waals surface area contributed by atoms with E-state index in [0.717, 1.165) is 12.1 Å². The van der Waals surface area contributed by atoms with Crippen LogP contribution < -0.4 is 10.1 Å².